The molecule has 0 saturated heterocycles. The monoisotopic (exact) mass is 410 g/mol. The van der Waals surface area contributed by atoms with Crippen LogP contribution in [0.15, 0.2) is 53.5 Å². The number of H-pyrrole nitrogens is 1. The Bertz CT molecular complexity index is 1300. The zero-order valence-corrected chi connectivity index (χ0v) is 16.0. The van der Waals surface area contributed by atoms with E-state index in [0.29, 0.717) is 38.2 Å². The molecule has 4 aromatic rings. The Morgan fingerprint density at radius 1 is 1.14 bits per heavy atom. The van der Waals surface area contributed by atoms with Crippen LogP contribution in [0.25, 0.3) is 28.0 Å². The van der Waals surface area contributed by atoms with Crippen molar-refractivity contribution < 1.29 is 4.74 Å². The van der Waals surface area contributed by atoms with Crippen LogP contribution in [0.1, 0.15) is 5.56 Å². The molecule has 0 amide bonds. The molecule has 0 aliphatic carbocycles. The molecule has 138 valence electrons. The summed E-state index contributed by atoms with van der Waals surface area (Å²) in [5.74, 6) is 0.684. The Labute approximate surface area is 169 Å². The average Bonchev–Trinajstić information content (AvgIpc) is 3.07. The highest BCUT2D eigenvalue weighted by Crippen LogP contribution is 2.32. The molecule has 28 heavy (non-hydrogen) atoms. The molecular formula is C20H12Cl2N4O2. The fourth-order valence-corrected chi connectivity index (χ4v) is 3.48. The summed E-state index contributed by atoms with van der Waals surface area (Å²) in [6.45, 7) is 0. The number of hydrogen-bond acceptors (Lipinski definition) is 4. The Kier molecular flexibility index (Phi) is 4.55. The molecule has 2 aromatic heterocycles. The summed E-state index contributed by atoms with van der Waals surface area (Å²) in [7, 11) is 1.57. The van der Waals surface area contributed by atoms with E-state index in [1.807, 2.05) is 0 Å². The van der Waals surface area contributed by atoms with Crippen LogP contribution in [-0.4, -0.2) is 21.7 Å². The zero-order chi connectivity index (χ0) is 19.8. The molecule has 4 rings (SSSR count). The molecule has 0 aliphatic heterocycles. The highest BCUT2D eigenvalue weighted by Gasteiger charge is 2.19. The highest BCUT2D eigenvalue weighted by molar-refractivity contribution is 6.36. The smallest absolute Gasteiger partial charge is 0.280 e. The molecule has 0 radical (unpaired) electrons. The van der Waals surface area contributed by atoms with Crippen LogP contribution in [-0.2, 0) is 0 Å². The minimum Gasteiger partial charge on any atom is -0.497 e. The van der Waals surface area contributed by atoms with Gasteiger partial charge in [0, 0.05) is 16.8 Å². The van der Waals surface area contributed by atoms with Gasteiger partial charge in [-0.25, -0.2) is 4.98 Å². The summed E-state index contributed by atoms with van der Waals surface area (Å²) in [4.78, 5) is 17.4. The quantitative estimate of drug-likeness (QED) is 0.537. The van der Waals surface area contributed by atoms with Crippen LogP contribution < -0.4 is 10.3 Å². The van der Waals surface area contributed by atoms with Crippen LogP contribution >= 0.6 is 23.2 Å². The number of nitrogens with one attached hydrogen (secondary N) is 1. The summed E-state index contributed by atoms with van der Waals surface area (Å²) in [6.07, 6.45) is 1.46. The number of ether oxygens (including phenoxy) is 1. The third-order valence-electron chi connectivity index (χ3n) is 4.37. The first-order valence-electron chi connectivity index (χ1n) is 8.17. The Morgan fingerprint density at radius 2 is 1.89 bits per heavy atom. The summed E-state index contributed by atoms with van der Waals surface area (Å²) in [6, 6.07) is 14.1. The third kappa shape index (κ3) is 2.91. The van der Waals surface area contributed by atoms with Crippen LogP contribution in [0.5, 0.6) is 5.75 Å². The third-order valence-corrected chi connectivity index (χ3v) is 4.92. The van der Waals surface area contributed by atoms with E-state index < -0.39 is 0 Å². The molecule has 0 unspecified atom stereocenters. The number of aromatic nitrogens is 3. The number of rotatable bonds is 3. The summed E-state index contributed by atoms with van der Waals surface area (Å²) in [5.41, 5.74) is 2.15. The lowest BCUT2D eigenvalue weighted by Crippen LogP contribution is -2.17. The van der Waals surface area contributed by atoms with Gasteiger partial charge in [0.2, 0.25) is 0 Å². The van der Waals surface area contributed by atoms with Crippen molar-refractivity contribution in [1.82, 2.24) is 14.6 Å². The van der Waals surface area contributed by atoms with Gasteiger partial charge < -0.3 is 4.74 Å². The molecular weight excluding hydrogens is 399 g/mol. The second-order valence-electron chi connectivity index (χ2n) is 5.96. The molecule has 0 bridgehead atoms. The predicted molar refractivity (Wildman–Crippen MR) is 108 cm³/mol. The first-order valence-corrected chi connectivity index (χ1v) is 8.92. The van der Waals surface area contributed by atoms with Crippen molar-refractivity contribution >= 4 is 28.8 Å². The normalized spacial score (nSPS) is 10.8. The van der Waals surface area contributed by atoms with Crippen molar-refractivity contribution in [3.05, 3.63) is 74.6 Å². The van der Waals surface area contributed by atoms with Gasteiger partial charge in [-0.1, -0.05) is 35.3 Å². The maximum Gasteiger partial charge on any atom is 0.280 e. The number of nitrogens with zero attached hydrogens (tertiary/aromatic N) is 3. The van der Waals surface area contributed by atoms with Crippen molar-refractivity contribution in [2.24, 2.45) is 0 Å². The molecule has 6 nitrogen and oxygen atoms in total. The van der Waals surface area contributed by atoms with Gasteiger partial charge in [0.25, 0.3) is 5.56 Å². The summed E-state index contributed by atoms with van der Waals surface area (Å²) < 4.78 is 6.39. The van der Waals surface area contributed by atoms with Gasteiger partial charge in [-0.05, 0) is 35.9 Å². The van der Waals surface area contributed by atoms with Gasteiger partial charge in [0.1, 0.15) is 17.4 Å². The standard InChI is InChI=1S/C20H12Cl2N4O2/c1-28-13-5-2-11(3-6-13)16-10-24-19-15(9-23)18(25-26(19)20(16)27)14-7-4-12(21)8-17(14)22/h2-8,10,25H,1H3. The van der Waals surface area contributed by atoms with Gasteiger partial charge in [-0.15, -0.1) is 0 Å². The van der Waals surface area contributed by atoms with Crippen LogP contribution in [0.2, 0.25) is 10.0 Å². The van der Waals surface area contributed by atoms with E-state index in [0.717, 1.165) is 0 Å². The van der Waals surface area contributed by atoms with Crippen LogP contribution in [0.4, 0.5) is 0 Å². The van der Waals surface area contributed by atoms with Gasteiger partial charge in [-0.3, -0.25) is 9.89 Å². The molecule has 8 heteroatoms. The Hall–Kier alpha value is -3.27. The van der Waals surface area contributed by atoms with Crippen molar-refractivity contribution in [3.8, 4) is 34.2 Å². The van der Waals surface area contributed by atoms with Crippen molar-refractivity contribution in [2.45, 2.75) is 0 Å². The number of fused-ring (bicyclic) bond motifs is 1. The fraction of sp³-hybridized carbons (Fsp3) is 0.0500. The lowest BCUT2D eigenvalue weighted by atomic mass is 10.1. The summed E-state index contributed by atoms with van der Waals surface area (Å²) >= 11 is 12.2. The molecule has 1 N–H and O–H groups in total. The molecule has 2 heterocycles. The molecule has 0 fully saturated rings. The topological polar surface area (TPSA) is 83.2 Å². The Balaban J connectivity index is 1.94. The first-order chi connectivity index (χ1) is 13.5. The fourth-order valence-electron chi connectivity index (χ4n) is 2.98. The van der Waals surface area contributed by atoms with E-state index in [2.05, 4.69) is 16.2 Å². The molecule has 0 aliphatic rings. The number of hydrogen-bond donors (Lipinski definition) is 1. The lowest BCUT2D eigenvalue weighted by molar-refractivity contribution is 0.415. The molecule has 2 aromatic carbocycles. The number of halogens is 2. The molecule has 0 saturated carbocycles. The van der Waals surface area contributed by atoms with Crippen LogP contribution in [0, 0.1) is 11.3 Å². The predicted octanol–water partition coefficient (Wildman–Crippen LogP) is 4.54. The van der Waals surface area contributed by atoms with E-state index in [-0.39, 0.29) is 16.8 Å². The average molecular weight is 411 g/mol. The van der Waals surface area contributed by atoms with Crippen molar-refractivity contribution in [3.63, 3.8) is 0 Å². The number of benzene rings is 2. The number of nitriles is 1. The maximum absolute atomic E-state index is 13.0. The first kappa shape index (κ1) is 18.1. The minimum atomic E-state index is -0.331. The van der Waals surface area contributed by atoms with E-state index in [1.54, 1.807) is 49.6 Å². The second kappa shape index (κ2) is 7.04. The molecule has 0 atom stereocenters. The number of aromatic amines is 1. The number of methoxy groups -OCH3 is 1. The Morgan fingerprint density at radius 3 is 2.54 bits per heavy atom. The highest BCUT2D eigenvalue weighted by atomic mass is 35.5. The van der Waals surface area contributed by atoms with E-state index in [9.17, 15) is 10.1 Å². The van der Waals surface area contributed by atoms with Gasteiger partial charge in [0.15, 0.2) is 5.65 Å². The zero-order valence-electron chi connectivity index (χ0n) is 14.5. The van der Waals surface area contributed by atoms with Gasteiger partial charge >= 0.3 is 0 Å². The van der Waals surface area contributed by atoms with Gasteiger partial charge in [-0.2, -0.15) is 9.78 Å². The van der Waals surface area contributed by atoms with Gasteiger partial charge in [0.05, 0.1) is 23.4 Å². The van der Waals surface area contributed by atoms with Crippen LogP contribution in [0.3, 0.4) is 0 Å². The lowest BCUT2D eigenvalue weighted by Gasteiger charge is -2.03. The summed E-state index contributed by atoms with van der Waals surface area (Å²) in [5, 5.41) is 13.4. The minimum absolute atomic E-state index is 0.225. The van der Waals surface area contributed by atoms with E-state index >= 15 is 0 Å². The van der Waals surface area contributed by atoms with Crippen molar-refractivity contribution in [2.75, 3.05) is 7.11 Å². The SMILES string of the molecule is COc1ccc(-c2cnc3c(C#N)c(-c4ccc(Cl)cc4Cl)[nH]n3c2=O)cc1. The van der Waals surface area contributed by atoms with E-state index in [1.165, 1.54) is 10.7 Å². The largest absolute Gasteiger partial charge is 0.497 e. The van der Waals surface area contributed by atoms with E-state index in [4.69, 9.17) is 27.9 Å². The maximum atomic E-state index is 13.0. The second-order valence-corrected chi connectivity index (χ2v) is 6.81. The van der Waals surface area contributed by atoms with Crippen molar-refractivity contribution in [1.29, 1.82) is 5.26 Å². The molecule has 0 spiro atoms.